The summed E-state index contributed by atoms with van der Waals surface area (Å²) < 4.78 is 5.95. The lowest BCUT2D eigenvalue weighted by molar-refractivity contribution is -0.154. The molecule has 1 aliphatic heterocycles. The Hall–Kier alpha value is -1.15. The Kier molecular flexibility index (Phi) is 3.10. The van der Waals surface area contributed by atoms with Crippen molar-refractivity contribution < 1.29 is 9.53 Å². The van der Waals surface area contributed by atoms with E-state index in [1.807, 2.05) is 51.1 Å². The fourth-order valence-corrected chi connectivity index (χ4v) is 2.27. The molecular weight excluding hydrogens is 200 g/mol. The van der Waals surface area contributed by atoms with Crippen molar-refractivity contribution in [2.45, 2.75) is 33.0 Å². The number of benzene rings is 1. The first-order valence-corrected chi connectivity index (χ1v) is 5.85. The zero-order valence-electron chi connectivity index (χ0n) is 10.0. The second-order valence-corrected chi connectivity index (χ2v) is 4.65. The molecule has 0 aliphatic carbocycles. The van der Waals surface area contributed by atoms with Crippen LogP contribution >= 0.6 is 0 Å². The minimum atomic E-state index is -0.0834. The lowest BCUT2D eigenvalue weighted by Crippen LogP contribution is -2.40. The topological polar surface area (TPSA) is 26.3 Å². The first kappa shape index (κ1) is 11.3. The highest BCUT2D eigenvalue weighted by Crippen LogP contribution is 2.36. The van der Waals surface area contributed by atoms with E-state index in [0.717, 1.165) is 5.56 Å². The molecule has 0 radical (unpaired) electrons. The van der Waals surface area contributed by atoms with Crippen LogP contribution in [-0.4, -0.2) is 11.9 Å². The average molecular weight is 218 g/mol. The van der Waals surface area contributed by atoms with E-state index in [2.05, 4.69) is 0 Å². The highest BCUT2D eigenvalue weighted by molar-refractivity contribution is 5.84. The largest absolute Gasteiger partial charge is 0.369 e. The normalized spacial score (nSPS) is 35.1. The quantitative estimate of drug-likeness (QED) is 0.724. The van der Waals surface area contributed by atoms with E-state index in [4.69, 9.17) is 4.74 Å². The van der Waals surface area contributed by atoms with Crippen molar-refractivity contribution in [2.24, 2.45) is 11.8 Å². The van der Waals surface area contributed by atoms with Crippen LogP contribution in [0.15, 0.2) is 30.3 Å². The van der Waals surface area contributed by atoms with Crippen LogP contribution < -0.4 is 0 Å². The third-order valence-electron chi connectivity index (χ3n) is 3.55. The van der Waals surface area contributed by atoms with Gasteiger partial charge in [0.25, 0.3) is 0 Å². The molecule has 4 atom stereocenters. The van der Waals surface area contributed by atoms with Gasteiger partial charge in [-0.3, -0.25) is 4.79 Å². The lowest BCUT2D eigenvalue weighted by Gasteiger charge is -2.36. The second-order valence-electron chi connectivity index (χ2n) is 4.65. The van der Waals surface area contributed by atoms with Crippen molar-refractivity contribution in [1.29, 1.82) is 0 Å². The zero-order chi connectivity index (χ0) is 11.7. The molecule has 1 aromatic rings. The molecule has 2 heteroatoms. The Bertz CT molecular complexity index is 372. The molecule has 1 saturated heterocycles. The summed E-state index contributed by atoms with van der Waals surface area (Å²) in [5.74, 6) is 0.274. The molecule has 16 heavy (non-hydrogen) atoms. The van der Waals surface area contributed by atoms with E-state index >= 15 is 0 Å². The van der Waals surface area contributed by atoms with Crippen molar-refractivity contribution in [2.75, 3.05) is 0 Å². The Morgan fingerprint density at radius 1 is 1.00 bits per heavy atom. The summed E-state index contributed by atoms with van der Waals surface area (Å²) in [6, 6.07) is 10.00. The highest BCUT2D eigenvalue weighted by atomic mass is 16.5. The highest BCUT2D eigenvalue weighted by Gasteiger charge is 2.38. The van der Waals surface area contributed by atoms with Crippen LogP contribution in [0, 0.1) is 11.8 Å². The van der Waals surface area contributed by atoms with Crippen LogP contribution in [0.2, 0.25) is 0 Å². The molecule has 0 amide bonds. The lowest BCUT2D eigenvalue weighted by atomic mass is 9.82. The van der Waals surface area contributed by atoms with E-state index in [0.29, 0.717) is 5.78 Å². The molecule has 0 bridgehead atoms. The standard InChI is InChI=1S/C14H18O2/c1-9-11(3)16-14(10(2)13(9)15)12-7-5-4-6-8-12/h4-11,14H,1-3H3/t9-,10+,11+,14+/m1/s1. The minimum Gasteiger partial charge on any atom is -0.369 e. The van der Waals surface area contributed by atoms with Gasteiger partial charge in [-0.2, -0.15) is 0 Å². The summed E-state index contributed by atoms with van der Waals surface area (Å²) in [7, 11) is 0. The summed E-state index contributed by atoms with van der Waals surface area (Å²) >= 11 is 0. The SMILES string of the molecule is C[C@@H]1O[C@H](c2ccccc2)[C@@H](C)C(=O)[C@@H]1C. The maximum absolute atomic E-state index is 12.0. The second kappa shape index (κ2) is 4.38. The molecule has 1 fully saturated rings. The summed E-state index contributed by atoms with van der Waals surface area (Å²) in [4.78, 5) is 12.0. The summed E-state index contributed by atoms with van der Waals surface area (Å²) in [6.45, 7) is 5.89. The first-order chi connectivity index (χ1) is 7.61. The van der Waals surface area contributed by atoms with Crippen molar-refractivity contribution in [1.82, 2.24) is 0 Å². The maximum atomic E-state index is 12.0. The fourth-order valence-electron chi connectivity index (χ4n) is 2.27. The van der Waals surface area contributed by atoms with Gasteiger partial charge in [0, 0.05) is 11.8 Å². The van der Waals surface area contributed by atoms with Crippen LogP contribution in [0.4, 0.5) is 0 Å². The number of hydrogen-bond donors (Lipinski definition) is 0. The van der Waals surface area contributed by atoms with Crippen LogP contribution in [0.1, 0.15) is 32.4 Å². The number of carbonyl (C=O) groups is 1. The number of ketones is 1. The Morgan fingerprint density at radius 2 is 1.62 bits per heavy atom. The molecule has 0 unspecified atom stereocenters. The molecule has 0 spiro atoms. The van der Waals surface area contributed by atoms with Crippen molar-refractivity contribution in [3.05, 3.63) is 35.9 Å². The van der Waals surface area contributed by atoms with Gasteiger partial charge in [0.05, 0.1) is 12.2 Å². The molecular formula is C14H18O2. The number of rotatable bonds is 1. The predicted molar refractivity (Wildman–Crippen MR) is 63.1 cm³/mol. The molecule has 0 saturated carbocycles. The molecule has 1 heterocycles. The maximum Gasteiger partial charge on any atom is 0.144 e. The summed E-state index contributed by atoms with van der Waals surface area (Å²) in [5, 5.41) is 0. The summed E-state index contributed by atoms with van der Waals surface area (Å²) in [5.41, 5.74) is 1.10. The molecule has 1 aliphatic rings. The molecule has 86 valence electrons. The van der Waals surface area contributed by atoms with E-state index in [9.17, 15) is 4.79 Å². The van der Waals surface area contributed by atoms with Crippen LogP contribution in [0.5, 0.6) is 0 Å². The molecule has 0 aromatic heterocycles. The van der Waals surface area contributed by atoms with Crippen LogP contribution in [-0.2, 0) is 9.53 Å². The van der Waals surface area contributed by atoms with Gasteiger partial charge < -0.3 is 4.74 Å². The van der Waals surface area contributed by atoms with Gasteiger partial charge in [0.2, 0.25) is 0 Å². The van der Waals surface area contributed by atoms with Crippen LogP contribution in [0.3, 0.4) is 0 Å². The minimum absolute atomic E-state index is 0.00825. The molecule has 0 N–H and O–H groups in total. The van der Waals surface area contributed by atoms with Gasteiger partial charge >= 0.3 is 0 Å². The van der Waals surface area contributed by atoms with Gasteiger partial charge in [0.15, 0.2) is 0 Å². The van der Waals surface area contributed by atoms with E-state index in [1.165, 1.54) is 0 Å². The van der Waals surface area contributed by atoms with Gasteiger partial charge in [-0.25, -0.2) is 0 Å². The number of Topliss-reactive ketones (excluding diaryl/α,β-unsaturated/α-hetero) is 1. The molecule has 2 nitrogen and oxygen atoms in total. The van der Waals surface area contributed by atoms with Gasteiger partial charge in [-0.1, -0.05) is 44.2 Å². The number of carbonyl (C=O) groups excluding carboxylic acids is 1. The van der Waals surface area contributed by atoms with Gasteiger partial charge in [0.1, 0.15) is 5.78 Å². The van der Waals surface area contributed by atoms with Gasteiger partial charge in [-0.15, -0.1) is 0 Å². The predicted octanol–water partition coefficient (Wildman–Crippen LogP) is 2.99. The monoisotopic (exact) mass is 218 g/mol. The summed E-state index contributed by atoms with van der Waals surface area (Å²) in [6.07, 6.45) is -0.0752. The fraction of sp³-hybridized carbons (Fsp3) is 0.500. The van der Waals surface area contributed by atoms with E-state index in [1.54, 1.807) is 0 Å². The first-order valence-electron chi connectivity index (χ1n) is 5.85. The Morgan fingerprint density at radius 3 is 2.25 bits per heavy atom. The van der Waals surface area contributed by atoms with Crippen molar-refractivity contribution in [3.63, 3.8) is 0 Å². The van der Waals surface area contributed by atoms with Crippen molar-refractivity contribution in [3.8, 4) is 0 Å². The zero-order valence-corrected chi connectivity index (χ0v) is 10.0. The molecule has 1 aromatic carbocycles. The average Bonchev–Trinajstić information content (AvgIpc) is 2.32. The van der Waals surface area contributed by atoms with E-state index in [-0.39, 0.29) is 24.0 Å². The van der Waals surface area contributed by atoms with Crippen LogP contribution in [0.25, 0.3) is 0 Å². The number of hydrogen-bond acceptors (Lipinski definition) is 2. The van der Waals surface area contributed by atoms with Crippen molar-refractivity contribution >= 4 is 5.78 Å². The van der Waals surface area contributed by atoms with E-state index < -0.39 is 0 Å². The Labute approximate surface area is 96.6 Å². The smallest absolute Gasteiger partial charge is 0.144 e. The van der Waals surface area contributed by atoms with Gasteiger partial charge in [-0.05, 0) is 12.5 Å². The molecule has 2 rings (SSSR count). The number of ether oxygens (including phenoxy) is 1. The third kappa shape index (κ3) is 1.90. The Balaban J connectivity index is 2.26. The third-order valence-corrected chi connectivity index (χ3v) is 3.55.